The van der Waals surface area contributed by atoms with Crippen molar-refractivity contribution in [1.82, 2.24) is 5.32 Å². The van der Waals surface area contributed by atoms with Crippen LogP contribution in [0.5, 0.6) is 23.0 Å². The van der Waals surface area contributed by atoms with Crippen LogP contribution in [-0.4, -0.2) is 31.8 Å². The standard InChI is InChI=1S/C25H33NO5/c1-6-29-21-12-8-17(14-23(21)30-7-2)9-13-24(27)26-20-16-25(3,4)31-22-15-18(28-5)10-11-19(20)22/h8,10-12,14-15,20H,6-7,9,13,16H2,1-5H3,(H,26,27)/t20-/m1/s1. The lowest BCUT2D eigenvalue weighted by atomic mass is 9.89. The molecule has 0 radical (unpaired) electrons. The lowest BCUT2D eigenvalue weighted by Crippen LogP contribution is -2.41. The summed E-state index contributed by atoms with van der Waals surface area (Å²) < 4.78 is 22.7. The molecule has 1 aliphatic rings. The highest BCUT2D eigenvalue weighted by Crippen LogP contribution is 2.41. The van der Waals surface area contributed by atoms with Gasteiger partial charge in [0, 0.05) is 24.5 Å². The summed E-state index contributed by atoms with van der Waals surface area (Å²) in [6.07, 6.45) is 1.72. The van der Waals surface area contributed by atoms with Gasteiger partial charge in [-0.1, -0.05) is 6.07 Å². The minimum atomic E-state index is -0.376. The summed E-state index contributed by atoms with van der Waals surface area (Å²) in [6.45, 7) is 9.09. The quantitative estimate of drug-likeness (QED) is 0.620. The van der Waals surface area contributed by atoms with Crippen LogP contribution in [-0.2, 0) is 11.2 Å². The zero-order valence-corrected chi connectivity index (χ0v) is 19.1. The van der Waals surface area contributed by atoms with Gasteiger partial charge in [-0.3, -0.25) is 4.79 Å². The maximum Gasteiger partial charge on any atom is 0.220 e. The van der Waals surface area contributed by atoms with Crippen LogP contribution in [0.25, 0.3) is 0 Å². The van der Waals surface area contributed by atoms with Gasteiger partial charge in [0.2, 0.25) is 5.91 Å². The molecule has 2 aromatic carbocycles. The molecule has 1 atom stereocenters. The van der Waals surface area contributed by atoms with Crippen molar-refractivity contribution in [2.75, 3.05) is 20.3 Å². The smallest absolute Gasteiger partial charge is 0.220 e. The number of carbonyl (C=O) groups is 1. The van der Waals surface area contributed by atoms with Crippen LogP contribution >= 0.6 is 0 Å². The number of nitrogens with one attached hydrogen (secondary N) is 1. The second-order valence-corrected chi connectivity index (χ2v) is 8.24. The van der Waals surface area contributed by atoms with Crippen molar-refractivity contribution in [3.05, 3.63) is 47.5 Å². The molecule has 31 heavy (non-hydrogen) atoms. The number of hydrogen-bond acceptors (Lipinski definition) is 5. The molecule has 0 fully saturated rings. The van der Waals surface area contributed by atoms with Crippen LogP contribution in [0.2, 0.25) is 0 Å². The SMILES string of the molecule is CCOc1ccc(CCC(=O)N[C@@H]2CC(C)(C)Oc3cc(OC)ccc32)cc1OCC. The molecule has 1 heterocycles. The molecule has 1 amide bonds. The number of hydrogen-bond donors (Lipinski definition) is 1. The average Bonchev–Trinajstić information content (AvgIpc) is 2.73. The van der Waals surface area contributed by atoms with E-state index in [1.54, 1.807) is 7.11 Å². The molecule has 0 aromatic heterocycles. The highest BCUT2D eigenvalue weighted by atomic mass is 16.5. The maximum absolute atomic E-state index is 12.8. The molecule has 6 heteroatoms. The summed E-state index contributed by atoms with van der Waals surface area (Å²) in [7, 11) is 1.63. The van der Waals surface area contributed by atoms with Crippen LogP contribution in [0.15, 0.2) is 36.4 Å². The van der Waals surface area contributed by atoms with E-state index in [9.17, 15) is 4.79 Å². The van der Waals surface area contributed by atoms with E-state index in [0.717, 1.165) is 34.1 Å². The maximum atomic E-state index is 12.8. The summed E-state index contributed by atoms with van der Waals surface area (Å²) in [5.41, 5.74) is 1.64. The summed E-state index contributed by atoms with van der Waals surface area (Å²) in [4.78, 5) is 12.8. The molecular weight excluding hydrogens is 394 g/mol. The first-order chi connectivity index (χ1) is 14.8. The molecular formula is C25H33NO5. The lowest BCUT2D eigenvalue weighted by molar-refractivity contribution is -0.122. The number of aryl methyl sites for hydroxylation is 1. The van der Waals surface area contributed by atoms with Gasteiger partial charge in [0.1, 0.15) is 17.1 Å². The van der Waals surface area contributed by atoms with Crippen molar-refractivity contribution in [2.24, 2.45) is 0 Å². The Balaban J connectivity index is 1.67. The van der Waals surface area contributed by atoms with E-state index in [4.69, 9.17) is 18.9 Å². The van der Waals surface area contributed by atoms with Crippen molar-refractivity contribution in [1.29, 1.82) is 0 Å². The van der Waals surface area contributed by atoms with Gasteiger partial charge in [0.05, 0.1) is 26.4 Å². The van der Waals surface area contributed by atoms with Gasteiger partial charge in [-0.2, -0.15) is 0 Å². The Morgan fingerprint density at radius 2 is 1.84 bits per heavy atom. The van der Waals surface area contributed by atoms with E-state index in [0.29, 0.717) is 32.5 Å². The second kappa shape index (κ2) is 9.94. The molecule has 0 bridgehead atoms. The van der Waals surface area contributed by atoms with Crippen molar-refractivity contribution in [3.8, 4) is 23.0 Å². The van der Waals surface area contributed by atoms with E-state index in [1.807, 2.05) is 64.1 Å². The topological polar surface area (TPSA) is 66.0 Å². The largest absolute Gasteiger partial charge is 0.497 e. The van der Waals surface area contributed by atoms with Crippen LogP contribution < -0.4 is 24.3 Å². The number of methoxy groups -OCH3 is 1. The molecule has 0 unspecified atom stereocenters. The number of amides is 1. The fourth-order valence-electron chi connectivity index (χ4n) is 3.86. The summed E-state index contributed by atoms with van der Waals surface area (Å²) in [5.74, 6) is 2.96. The first-order valence-corrected chi connectivity index (χ1v) is 10.9. The Kier molecular flexibility index (Phi) is 7.31. The highest BCUT2D eigenvalue weighted by Gasteiger charge is 2.34. The number of carbonyl (C=O) groups excluding carboxylic acids is 1. The van der Waals surface area contributed by atoms with Gasteiger partial charge in [0.25, 0.3) is 0 Å². The zero-order chi connectivity index (χ0) is 22.4. The molecule has 1 N–H and O–H groups in total. The Hall–Kier alpha value is -2.89. The molecule has 0 aliphatic carbocycles. The fourth-order valence-corrected chi connectivity index (χ4v) is 3.86. The van der Waals surface area contributed by atoms with Crippen LogP contribution in [0.3, 0.4) is 0 Å². The molecule has 2 aromatic rings. The summed E-state index contributed by atoms with van der Waals surface area (Å²) >= 11 is 0. The normalized spacial score (nSPS) is 16.6. The number of benzene rings is 2. The number of fused-ring (bicyclic) bond motifs is 1. The predicted octanol–water partition coefficient (Wildman–Crippen LogP) is 4.84. The molecule has 0 saturated heterocycles. The third-order valence-electron chi connectivity index (χ3n) is 5.26. The third kappa shape index (κ3) is 5.84. The molecule has 168 valence electrons. The first-order valence-electron chi connectivity index (χ1n) is 10.9. The molecule has 6 nitrogen and oxygen atoms in total. The second-order valence-electron chi connectivity index (χ2n) is 8.24. The monoisotopic (exact) mass is 427 g/mol. The number of rotatable bonds is 9. The van der Waals surface area contributed by atoms with Gasteiger partial charge in [-0.25, -0.2) is 0 Å². The van der Waals surface area contributed by atoms with E-state index in [-0.39, 0.29) is 17.6 Å². The number of ether oxygens (including phenoxy) is 4. The Labute approximate surface area is 184 Å². The minimum absolute atomic E-state index is 0.0105. The van der Waals surface area contributed by atoms with E-state index in [1.165, 1.54) is 0 Å². The predicted molar refractivity (Wildman–Crippen MR) is 120 cm³/mol. The average molecular weight is 428 g/mol. The zero-order valence-electron chi connectivity index (χ0n) is 19.1. The van der Waals surface area contributed by atoms with Crippen molar-refractivity contribution >= 4 is 5.91 Å². The van der Waals surface area contributed by atoms with E-state index < -0.39 is 0 Å². The molecule has 3 rings (SSSR count). The molecule has 1 aliphatic heterocycles. The third-order valence-corrected chi connectivity index (χ3v) is 5.26. The first kappa shape index (κ1) is 22.8. The van der Waals surface area contributed by atoms with Gasteiger partial charge < -0.3 is 24.3 Å². The Bertz CT molecular complexity index is 909. The highest BCUT2D eigenvalue weighted by molar-refractivity contribution is 5.77. The molecule has 0 spiro atoms. The molecule has 0 saturated carbocycles. The van der Waals surface area contributed by atoms with Gasteiger partial charge in [-0.15, -0.1) is 0 Å². The lowest BCUT2D eigenvalue weighted by Gasteiger charge is -2.38. The van der Waals surface area contributed by atoms with Crippen molar-refractivity contribution in [2.45, 2.75) is 58.6 Å². The van der Waals surface area contributed by atoms with E-state index >= 15 is 0 Å². The van der Waals surface area contributed by atoms with Crippen molar-refractivity contribution < 1.29 is 23.7 Å². The Morgan fingerprint density at radius 3 is 2.55 bits per heavy atom. The van der Waals surface area contributed by atoms with Gasteiger partial charge in [-0.05, 0) is 63.9 Å². The van der Waals surface area contributed by atoms with Gasteiger partial charge >= 0.3 is 0 Å². The van der Waals surface area contributed by atoms with Crippen molar-refractivity contribution in [3.63, 3.8) is 0 Å². The Morgan fingerprint density at radius 1 is 1.10 bits per heavy atom. The summed E-state index contributed by atoms with van der Waals surface area (Å²) in [5, 5.41) is 3.19. The van der Waals surface area contributed by atoms with Gasteiger partial charge in [0.15, 0.2) is 11.5 Å². The van der Waals surface area contributed by atoms with Crippen LogP contribution in [0.4, 0.5) is 0 Å². The van der Waals surface area contributed by atoms with Crippen LogP contribution in [0, 0.1) is 0 Å². The van der Waals surface area contributed by atoms with Crippen LogP contribution in [0.1, 0.15) is 57.7 Å². The van der Waals surface area contributed by atoms with E-state index in [2.05, 4.69) is 5.32 Å². The minimum Gasteiger partial charge on any atom is -0.497 e. The summed E-state index contributed by atoms with van der Waals surface area (Å²) in [6, 6.07) is 11.5. The fraction of sp³-hybridized carbons (Fsp3) is 0.480.